The molecule has 0 unspecified atom stereocenters. The Balaban J connectivity index is 1.95. The molecule has 0 aliphatic rings. The summed E-state index contributed by atoms with van der Waals surface area (Å²) in [5.41, 5.74) is 2.68. The van der Waals surface area contributed by atoms with E-state index in [2.05, 4.69) is 20.2 Å². The minimum atomic E-state index is 0.608. The standard InChI is InChI=1S/C17H21N5O/c1-21(2)10-8-18-17-19-13(15-6-4-9-22(15)3)12-14(20-17)16-7-5-11-23-16/h4-7,9,11-12H,8,10H2,1-3H3,(H,18,19,20). The fraction of sp³-hybridized carbons (Fsp3) is 0.294. The zero-order valence-corrected chi connectivity index (χ0v) is 13.7. The first-order valence-corrected chi connectivity index (χ1v) is 7.57. The van der Waals surface area contributed by atoms with Gasteiger partial charge in [0.25, 0.3) is 0 Å². The Morgan fingerprint density at radius 1 is 1.17 bits per heavy atom. The van der Waals surface area contributed by atoms with Crippen LogP contribution in [0.3, 0.4) is 0 Å². The van der Waals surface area contributed by atoms with Crippen LogP contribution in [-0.2, 0) is 7.05 Å². The Bertz CT molecular complexity index is 761. The molecule has 0 spiro atoms. The quantitative estimate of drug-likeness (QED) is 0.758. The highest BCUT2D eigenvalue weighted by Gasteiger charge is 2.11. The van der Waals surface area contributed by atoms with E-state index >= 15 is 0 Å². The number of nitrogens with one attached hydrogen (secondary N) is 1. The summed E-state index contributed by atoms with van der Waals surface area (Å²) in [6, 6.07) is 9.76. The Hall–Kier alpha value is -2.60. The van der Waals surface area contributed by atoms with Crippen LogP contribution in [0.1, 0.15) is 0 Å². The molecule has 3 heterocycles. The van der Waals surface area contributed by atoms with Gasteiger partial charge < -0.3 is 19.2 Å². The van der Waals surface area contributed by atoms with Gasteiger partial charge in [-0.2, -0.15) is 0 Å². The second-order valence-electron chi connectivity index (χ2n) is 5.67. The van der Waals surface area contributed by atoms with Gasteiger partial charge in [-0.05, 0) is 44.4 Å². The first kappa shape index (κ1) is 15.3. The Morgan fingerprint density at radius 2 is 2.00 bits per heavy atom. The first-order chi connectivity index (χ1) is 11.1. The molecular weight excluding hydrogens is 290 g/mol. The van der Waals surface area contributed by atoms with Crippen LogP contribution < -0.4 is 5.32 Å². The van der Waals surface area contributed by atoms with Crippen molar-refractivity contribution in [3.63, 3.8) is 0 Å². The van der Waals surface area contributed by atoms with Gasteiger partial charge in [-0.25, -0.2) is 9.97 Å². The average molecular weight is 311 g/mol. The summed E-state index contributed by atoms with van der Waals surface area (Å²) in [5.74, 6) is 1.34. The lowest BCUT2D eigenvalue weighted by Gasteiger charge is -2.12. The molecule has 1 N–H and O–H groups in total. The van der Waals surface area contributed by atoms with Gasteiger partial charge in [0.1, 0.15) is 5.69 Å². The van der Waals surface area contributed by atoms with E-state index in [1.54, 1.807) is 6.26 Å². The molecule has 0 amide bonds. The number of hydrogen-bond donors (Lipinski definition) is 1. The van der Waals surface area contributed by atoms with Gasteiger partial charge in [-0.3, -0.25) is 0 Å². The van der Waals surface area contributed by atoms with Crippen molar-refractivity contribution in [2.45, 2.75) is 0 Å². The lowest BCUT2D eigenvalue weighted by molar-refractivity contribution is 0.425. The highest BCUT2D eigenvalue weighted by atomic mass is 16.3. The molecule has 0 aliphatic heterocycles. The fourth-order valence-electron chi connectivity index (χ4n) is 2.33. The third-order valence-electron chi connectivity index (χ3n) is 3.55. The van der Waals surface area contributed by atoms with Crippen molar-refractivity contribution in [3.8, 4) is 22.8 Å². The normalized spacial score (nSPS) is 11.1. The van der Waals surface area contributed by atoms with Crippen LogP contribution in [0.2, 0.25) is 0 Å². The van der Waals surface area contributed by atoms with Crippen molar-refractivity contribution in [2.75, 3.05) is 32.5 Å². The third-order valence-corrected chi connectivity index (χ3v) is 3.55. The van der Waals surface area contributed by atoms with E-state index in [1.165, 1.54) is 0 Å². The second-order valence-corrected chi connectivity index (χ2v) is 5.67. The van der Waals surface area contributed by atoms with Crippen molar-refractivity contribution in [2.24, 2.45) is 7.05 Å². The number of rotatable bonds is 6. The molecule has 6 nitrogen and oxygen atoms in total. The van der Waals surface area contributed by atoms with E-state index in [9.17, 15) is 0 Å². The smallest absolute Gasteiger partial charge is 0.224 e. The number of furan rings is 1. The van der Waals surface area contributed by atoms with E-state index < -0.39 is 0 Å². The van der Waals surface area contributed by atoms with Crippen LogP contribution in [0.15, 0.2) is 47.2 Å². The van der Waals surface area contributed by atoms with Crippen LogP contribution in [0.4, 0.5) is 5.95 Å². The molecule has 3 rings (SSSR count). The maximum absolute atomic E-state index is 5.49. The molecule has 0 aromatic carbocycles. The molecule has 3 aromatic rings. The zero-order chi connectivity index (χ0) is 16.2. The maximum atomic E-state index is 5.49. The molecule has 0 atom stereocenters. The van der Waals surface area contributed by atoms with E-state index in [4.69, 9.17) is 4.42 Å². The Kier molecular flexibility index (Phi) is 4.43. The molecule has 0 saturated carbocycles. The summed E-state index contributed by atoms with van der Waals surface area (Å²) in [7, 11) is 6.08. The molecule has 23 heavy (non-hydrogen) atoms. The van der Waals surface area contributed by atoms with Crippen LogP contribution in [0.25, 0.3) is 22.8 Å². The van der Waals surface area contributed by atoms with Crippen LogP contribution >= 0.6 is 0 Å². The summed E-state index contributed by atoms with van der Waals surface area (Å²) < 4.78 is 7.53. The number of aryl methyl sites for hydroxylation is 1. The van der Waals surface area contributed by atoms with Gasteiger partial charge >= 0.3 is 0 Å². The van der Waals surface area contributed by atoms with Crippen molar-refractivity contribution in [3.05, 3.63) is 42.8 Å². The summed E-state index contributed by atoms with van der Waals surface area (Å²) in [6.45, 7) is 1.69. The monoisotopic (exact) mass is 311 g/mol. The van der Waals surface area contributed by atoms with Crippen LogP contribution in [0, 0.1) is 0 Å². The van der Waals surface area contributed by atoms with Crippen molar-refractivity contribution in [1.29, 1.82) is 0 Å². The largest absolute Gasteiger partial charge is 0.463 e. The minimum Gasteiger partial charge on any atom is -0.463 e. The van der Waals surface area contributed by atoms with Gasteiger partial charge in [-0.15, -0.1) is 0 Å². The minimum absolute atomic E-state index is 0.608. The number of nitrogens with zero attached hydrogens (tertiary/aromatic N) is 4. The van der Waals surface area contributed by atoms with E-state index in [1.807, 2.05) is 62.2 Å². The fourth-order valence-corrected chi connectivity index (χ4v) is 2.33. The summed E-state index contributed by atoms with van der Waals surface area (Å²) in [5, 5.41) is 3.29. The number of likely N-dealkylation sites (N-methyl/N-ethyl adjacent to an activating group) is 1. The molecular formula is C17H21N5O. The number of anilines is 1. The molecule has 0 bridgehead atoms. The molecule has 0 radical (unpaired) electrons. The number of aromatic nitrogens is 3. The van der Waals surface area contributed by atoms with E-state index in [0.29, 0.717) is 5.95 Å². The summed E-state index contributed by atoms with van der Waals surface area (Å²) >= 11 is 0. The molecule has 6 heteroatoms. The third kappa shape index (κ3) is 3.60. The van der Waals surface area contributed by atoms with Gasteiger partial charge in [0.05, 0.1) is 17.7 Å². The van der Waals surface area contributed by atoms with Crippen molar-refractivity contribution < 1.29 is 4.42 Å². The predicted molar refractivity (Wildman–Crippen MR) is 91.2 cm³/mol. The average Bonchev–Trinajstić information content (AvgIpc) is 3.17. The summed E-state index contributed by atoms with van der Waals surface area (Å²) in [4.78, 5) is 11.3. The highest BCUT2D eigenvalue weighted by Crippen LogP contribution is 2.25. The highest BCUT2D eigenvalue weighted by molar-refractivity contribution is 5.65. The Morgan fingerprint density at radius 3 is 2.65 bits per heavy atom. The molecule has 0 saturated heterocycles. The van der Waals surface area contributed by atoms with Gasteiger partial charge in [-0.1, -0.05) is 0 Å². The molecule has 0 aliphatic carbocycles. The van der Waals surface area contributed by atoms with E-state index in [0.717, 1.165) is 35.9 Å². The van der Waals surface area contributed by atoms with Gasteiger partial charge in [0.15, 0.2) is 5.76 Å². The zero-order valence-electron chi connectivity index (χ0n) is 13.7. The lowest BCUT2D eigenvalue weighted by atomic mass is 10.2. The second kappa shape index (κ2) is 6.66. The summed E-state index contributed by atoms with van der Waals surface area (Å²) in [6.07, 6.45) is 3.65. The molecule has 3 aromatic heterocycles. The predicted octanol–water partition coefficient (Wildman–Crippen LogP) is 2.72. The first-order valence-electron chi connectivity index (χ1n) is 7.57. The van der Waals surface area contributed by atoms with Gasteiger partial charge in [0, 0.05) is 26.3 Å². The van der Waals surface area contributed by atoms with Crippen LogP contribution in [0.5, 0.6) is 0 Å². The molecule has 120 valence electrons. The van der Waals surface area contributed by atoms with Crippen LogP contribution in [-0.4, -0.2) is 46.6 Å². The SMILES string of the molecule is CN(C)CCNc1nc(-c2ccco2)cc(-c2cccn2C)n1. The topological polar surface area (TPSA) is 59.1 Å². The molecule has 0 fully saturated rings. The van der Waals surface area contributed by atoms with E-state index in [-0.39, 0.29) is 0 Å². The number of hydrogen-bond acceptors (Lipinski definition) is 5. The van der Waals surface area contributed by atoms with Crippen molar-refractivity contribution in [1.82, 2.24) is 19.4 Å². The Labute approximate surface area is 135 Å². The van der Waals surface area contributed by atoms with Gasteiger partial charge in [0.2, 0.25) is 5.95 Å². The van der Waals surface area contributed by atoms with Crippen molar-refractivity contribution >= 4 is 5.95 Å². The maximum Gasteiger partial charge on any atom is 0.224 e. The lowest BCUT2D eigenvalue weighted by Crippen LogP contribution is -2.21.